The summed E-state index contributed by atoms with van der Waals surface area (Å²) in [6.07, 6.45) is 1.58. The number of carbonyl (C=O) groups excluding carboxylic acids is 3. The number of morpholine rings is 1. The molecule has 2 bridgehead atoms. The van der Waals surface area contributed by atoms with Gasteiger partial charge in [-0.1, -0.05) is 11.6 Å². The number of rotatable bonds is 1. The molecule has 3 amide bonds. The number of Topliss-reactive ketones (excluding diaryl/α,β-unsaturated/α-hetero) is 1. The summed E-state index contributed by atoms with van der Waals surface area (Å²) in [6.45, 7) is 8.34. The fourth-order valence-electron chi connectivity index (χ4n) is 5.68. The van der Waals surface area contributed by atoms with Gasteiger partial charge < -0.3 is 19.3 Å². The molecule has 184 valence electrons. The Morgan fingerprint density at radius 1 is 1.18 bits per heavy atom. The highest BCUT2D eigenvalue weighted by molar-refractivity contribution is 6.30. The molecule has 3 atom stereocenters. The van der Waals surface area contributed by atoms with Crippen LogP contribution in [0.5, 0.6) is 0 Å². The molecule has 0 radical (unpaired) electrons. The maximum absolute atomic E-state index is 13.4. The number of urea groups is 1. The second-order valence-corrected chi connectivity index (χ2v) is 11.2. The van der Waals surface area contributed by atoms with E-state index < -0.39 is 5.60 Å². The number of ketones is 1. The van der Waals surface area contributed by atoms with Crippen molar-refractivity contribution in [1.29, 1.82) is 0 Å². The van der Waals surface area contributed by atoms with Crippen molar-refractivity contribution in [3.8, 4) is 0 Å². The van der Waals surface area contributed by atoms with Gasteiger partial charge in [-0.15, -0.1) is 0 Å². The van der Waals surface area contributed by atoms with E-state index in [2.05, 4.69) is 0 Å². The molecule has 0 spiro atoms. The molecule has 0 N–H and O–H groups in total. The average molecular weight is 490 g/mol. The molecule has 34 heavy (non-hydrogen) atoms. The van der Waals surface area contributed by atoms with Crippen molar-refractivity contribution < 1.29 is 23.9 Å². The highest BCUT2D eigenvalue weighted by Gasteiger charge is 2.47. The third kappa shape index (κ3) is 4.38. The number of hydrogen-bond donors (Lipinski definition) is 0. The van der Waals surface area contributed by atoms with Crippen molar-refractivity contribution in [2.75, 3.05) is 32.8 Å². The molecule has 1 unspecified atom stereocenters. The normalized spacial score (nSPS) is 26.6. The maximum Gasteiger partial charge on any atom is 0.410 e. The monoisotopic (exact) mass is 489 g/mol. The summed E-state index contributed by atoms with van der Waals surface area (Å²) in [5.74, 6) is 0.289. The summed E-state index contributed by atoms with van der Waals surface area (Å²) in [4.78, 5) is 43.8. The van der Waals surface area contributed by atoms with Crippen molar-refractivity contribution in [2.24, 2.45) is 5.92 Å². The van der Waals surface area contributed by atoms with Gasteiger partial charge in [0.1, 0.15) is 11.4 Å². The van der Waals surface area contributed by atoms with Crippen molar-refractivity contribution in [3.05, 3.63) is 33.8 Å². The maximum atomic E-state index is 13.4. The van der Waals surface area contributed by atoms with Crippen LogP contribution >= 0.6 is 11.6 Å². The van der Waals surface area contributed by atoms with E-state index in [-0.39, 0.29) is 35.9 Å². The van der Waals surface area contributed by atoms with Crippen molar-refractivity contribution >= 4 is 29.5 Å². The molecule has 3 aliphatic heterocycles. The lowest BCUT2D eigenvalue weighted by atomic mass is 9.90. The van der Waals surface area contributed by atoms with Crippen LogP contribution in [0.4, 0.5) is 9.59 Å². The smallest absolute Gasteiger partial charge is 0.410 e. The van der Waals surface area contributed by atoms with Crippen LogP contribution in [0.15, 0.2) is 12.1 Å². The number of benzene rings is 1. The number of nitrogens with zero attached hydrogens (tertiary/aromatic N) is 3. The van der Waals surface area contributed by atoms with Gasteiger partial charge in [0.05, 0.1) is 19.3 Å². The van der Waals surface area contributed by atoms with E-state index in [0.29, 0.717) is 57.3 Å². The van der Waals surface area contributed by atoms with Crippen LogP contribution in [0.25, 0.3) is 0 Å². The molecule has 9 heteroatoms. The predicted octanol–water partition coefficient (Wildman–Crippen LogP) is 3.79. The van der Waals surface area contributed by atoms with Gasteiger partial charge in [-0.05, 0) is 62.4 Å². The summed E-state index contributed by atoms with van der Waals surface area (Å²) >= 11 is 6.50. The Labute approximate surface area is 205 Å². The molecular formula is C25H32ClN3O5. The van der Waals surface area contributed by atoms with Gasteiger partial charge in [0.2, 0.25) is 0 Å². The highest BCUT2D eigenvalue weighted by Crippen LogP contribution is 2.38. The molecule has 1 aliphatic carbocycles. The molecule has 3 fully saturated rings. The molecule has 0 aromatic heterocycles. The second-order valence-electron chi connectivity index (χ2n) is 10.8. The van der Waals surface area contributed by atoms with Gasteiger partial charge in [0.25, 0.3) is 0 Å². The van der Waals surface area contributed by atoms with E-state index in [1.54, 1.807) is 4.90 Å². The van der Waals surface area contributed by atoms with Crippen LogP contribution in [0.3, 0.4) is 0 Å². The first kappa shape index (κ1) is 23.4. The zero-order valence-corrected chi connectivity index (χ0v) is 20.8. The minimum Gasteiger partial charge on any atom is -0.444 e. The zero-order valence-electron chi connectivity index (χ0n) is 20.0. The first-order chi connectivity index (χ1) is 16.1. The van der Waals surface area contributed by atoms with E-state index in [9.17, 15) is 14.4 Å². The van der Waals surface area contributed by atoms with E-state index in [0.717, 1.165) is 23.1 Å². The van der Waals surface area contributed by atoms with E-state index in [1.807, 2.05) is 42.7 Å². The lowest BCUT2D eigenvalue weighted by Crippen LogP contribution is -2.50. The lowest BCUT2D eigenvalue weighted by Gasteiger charge is -2.40. The fourth-order valence-corrected chi connectivity index (χ4v) is 5.93. The summed E-state index contributed by atoms with van der Waals surface area (Å²) < 4.78 is 11.4. The fraction of sp³-hybridized carbons (Fsp3) is 0.640. The Bertz CT molecular complexity index is 1020. The van der Waals surface area contributed by atoms with Crippen molar-refractivity contribution in [3.63, 3.8) is 0 Å². The van der Waals surface area contributed by atoms with Gasteiger partial charge in [-0.25, -0.2) is 9.59 Å². The number of hydrogen-bond acceptors (Lipinski definition) is 5. The highest BCUT2D eigenvalue weighted by atomic mass is 35.5. The second kappa shape index (κ2) is 8.72. The van der Waals surface area contributed by atoms with Crippen molar-refractivity contribution in [1.82, 2.24) is 14.7 Å². The van der Waals surface area contributed by atoms with E-state index in [1.165, 1.54) is 0 Å². The number of carbonyl (C=O) groups is 3. The molecule has 1 aromatic rings. The van der Waals surface area contributed by atoms with Crippen LogP contribution in [-0.4, -0.2) is 77.1 Å². The molecule has 4 aliphatic rings. The summed E-state index contributed by atoms with van der Waals surface area (Å²) in [5.41, 5.74) is 2.42. The third-order valence-electron chi connectivity index (χ3n) is 7.28. The number of ether oxygens (including phenoxy) is 2. The van der Waals surface area contributed by atoms with Gasteiger partial charge in [0, 0.05) is 49.6 Å². The van der Waals surface area contributed by atoms with Gasteiger partial charge >= 0.3 is 12.1 Å². The number of likely N-dealkylation sites (tertiary alicyclic amines) is 1. The topological polar surface area (TPSA) is 79.4 Å². The zero-order chi connectivity index (χ0) is 24.2. The Hall–Kier alpha value is -2.32. The molecule has 1 aromatic carbocycles. The molecular weight excluding hydrogens is 458 g/mol. The van der Waals surface area contributed by atoms with Crippen LogP contribution in [0, 0.1) is 5.92 Å². The summed E-state index contributed by atoms with van der Waals surface area (Å²) in [6, 6.07) is 3.54. The number of halogens is 1. The average Bonchev–Trinajstić information content (AvgIpc) is 3.36. The quantitative estimate of drug-likeness (QED) is 0.599. The SMILES string of the molecule is CC(C)(C)OC(=O)N1CCOCC1c1cc(Cl)cc2c1CN(C(=O)N1C[C@@H]3C[C@H]1CC3=O)CC2. The largest absolute Gasteiger partial charge is 0.444 e. The van der Waals surface area contributed by atoms with E-state index >= 15 is 0 Å². The third-order valence-corrected chi connectivity index (χ3v) is 7.50. The lowest BCUT2D eigenvalue weighted by molar-refractivity contribution is -0.122. The number of piperidine rings is 1. The Morgan fingerprint density at radius 2 is 1.97 bits per heavy atom. The van der Waals surface area contributed by atoms with Crippen LogP contribution in [0.1, 0.15) is 56.3 Å². The summed E-state index contributed by atoms with van der Waals surface area (Å²) in [7, 11) is 0. The molecule has 5 rings (SSSR count). The predicted molar refractivity (Wildman–Crippen MR) is 126 cm³/mol. The molecule has 3 heterocycles. The van der Waals surface area contributed by atoms with Crippen LogP contribution < -0.4 is 0 Å². The molecule has 1 saturated carbocycles. The standard InChI is InChI=1S/C25H32ClN3O5/c1-25(2,3)34-24(32)28-6-7-33-14-21(28)19-10-17(26)8-15-4-5-27(13-20(15)19)23(31)29-12-16-9-18(29)11-22(16)30/h8,10,16,18,21H,4-7,9,11-14H2,1-3H3/t16-,18-,21?/m0/s1. The molecule has 2 saturated heterocycles. The van der Waals surface area contributed by atoms with Gasteiger partial charge in [0.15, 0.2) is 0 Å². The summed E-state index contributed by atoms with van der Waals surface area (Å²) in [5, 5.41) is 0.610. The first-order valence-corrected chi connectivity index (χ1v) is 12.5. The first-order valence-electron chi connectivity index (χ1n) is 12.1. The van der Waals surface area contributed by atoms with E-state index in [4.69, 9.17) is 21.1 Å². The minimum atomic E-state index is -0.604. The van der Waals surface area contributed by atoms with Gasteiger partial charge in [-0.3, -0.25) is 9.69 Å². The Balaban J connectivity index is 1.41. The van der Waals surface area contributed by atoms with Crippen LogP contribution in [-0.2, 0) is 27.2 Å². The Kier molecular flexibility index (Phi) is 6.01. The van der Waals surface area contributed by atoms with Gasteiger partial charge in [-0.2, -0.15) is 0 Å². The van der Waals surface area contributed by atoms with Crippen LogP contribution in [0.2, 0.25) is 5.02 Å². The molecule has 8 nitrogen and oxygen atoms in total. The minimum absolute atomic E-state index is 0.00201. The number of fused-ring (bicyclic) bond motifs is 3. The van der Waals surface area contributed by atoms with Crippen molar-refractivity contribution in [2.45, 2.75) is 64.3 Å². The number of amides is 3. The Morgan fingerprint density at radius 3 is 2.65 bits per heavy atom.